The molecule has 2 aromatic rings. The summed E-state index contributed by atoms with van der Waals surface area (Å²) >= 11 is 0. The number of likely N-dealkylation sites (tertiary alicyclic amines) is 1. The highest BCUT2D eigenvalue weighted by Gasteiger charge is 2.34. The van der Waals surface area contributed by atoms with Crippen LogP contribution in [0.3, 0.4) is 0 Å². The molecule has 0 aliphatic carbocycles. The zero-order chi connectivity index (χ0) is 17.1. The highest BCUT2D eigenvalue weighted by atomic mass is 16.5. The average molecular weight is 328 g/mol. The van der Waals surface area contributed by atoms with Crippen LogP contribution < -0.4 is 10.6 Å². The summed E-state index contributed by atoms with van der Waals surface area (Å²) in [6, 6.07) is 10.3. The van der Waals surface area contributed by atoms with Crippen LogP contribution in [0.15, 0.2) is 34.9 Å². The van der Waals surface area contributed by atoms with Crippen LogP contribution in [0, 0.1) is 6.92 Å². The molecule has 24 heavy (non-hydrogen) atoms. The smallest absolute Gasteiger partial charge is 0.319 e. The van der Waals surface area contributed by atoms with E-state index in [2.05, 4.69) is 39.9 Å². The SMILES string of the molecule is CCc1onc(C)c1NC(=O)NC1CCN(C)C1c1ccccc1. The number of rotatable bonds is 4. The maximum Gasteiger partial charge on any atom is 0.319 e. The Bertz CT molecular complexity index is 698. The highest BCUT2D eigenvalue weighted by molar-refractivity contribution is 5.90. The molecule has 2 amide bonds. The van der Waals surface area contributed by atoms with Crippen molar-refractivity contribution in [2.75, 3.05) is 18.9 Å². The van der Waals surface area contributed by atoms with Crippen molar-refractivity contribution >= 4 is 11.7 Å². The zero-order valence-corrected chi connectivity index (χ0v) is 14.4. The Morgan fingerprint density at radius 3 is 2.83 bits per heavy atom. The number of benzene rings is 1. The Hall–Kier alpha value is -2.34. The summed E-state index contributed by atoms with van der Waals surface area (Å²) in [5.41, 5.74) is 2.60. The van der Waals surface area contributed by atoms with Gasteiger partial charge in [0, 0.05) is 13.0 Å². The summed E-state index contributed by atoms with van der Waals surface area (Å²) in [4.78, 5) is 14.7. The molecule has 3 rings (SSSR count). The molecule has 1 aromatic carbocycles. The third-order valence-corrected chi connectivity index (χ3v) is 4.60. The second-order valence-electron chi connectivity index (χ2n) is 6.25. The van der Waals surface area contributed by atoms with Crippen LogP contribution in [-0.2, 0) is 6.42 Å². The maximum absolute atomic E-state index is 12.5. The standard InChI is InChI=1S/C18H24N4O2/c1-4-15-16(12(2)21-24-15)20-18(23)19-14-10-11-22(3)17(14)13-8-6-5-7-9-13/h5-9,14,17H,4,10-11H2,1-3H3,(H2,19,20,23). The number of aromatic nitrogens is 1. The largest absolute Gasteiger partial charge is 0.359 e. The lowest BCUT2D eigenvalue weighted by molar-refractivity contribution is 0.240. The van der Waals surface area contributed by atoms with Gasteiger partial charge in [-0.05, 0) is 26.0 Å². The number of likely N-dealkylation sites (N-methyl/N-ethyl adjacent to an activating group) is 1. The van der Waals surface area contributed by atoms with Gasteiger partial charge in [0.1, 0.15) is 11.4 Å². The molecule has 2 unspecified atom stereocenters. The van der Waals surface area contributed by atoms with Gasteiger partial charge in [-0.15, -0.1) is 0 Å². The Morgan fingerprint density at radius 1 is 1.38 bits per heavy atom. The van der Waals surface area contributed by atoms with Crippen LogP contribution >= 0.6 is 0 Å². The van der Waals surface area contributed by atoms with Crippen LogP contribution in [-0.4, -0.2) is 35.7 Å². The first-order chi connectivity index (χ1) is 11.6. The molecule has 1 aliphatic heterocycles. The van der Waals surface area contributed by atoms with Crippen molar-refractivity contribution in [1.82, 2.24) is 15.4 Å². The average Bonchev–Trinajstić information content (AvgIpc) is 3.11. The number of nitrogens with zero attached hydrogens (tertiary/aromatic N) is 2. The molecule has 6 nitrogen and oxygen atoms in total. The van der Waals surface area contributed by atoms with E-state index in [9.17, 15) is 4.79 Å². The fourth-order valence-electron chi connectivity index (χ4n) is 3.37. The van der Waals surface area contributed by atoms with Crippen LogP contribution in [0.25, 0.3) is 0 Å². The molecule has 1 fully saturated rings. The first kappa shape index (κ1) is 16.5. The molecule has 0 saturated carbocycles. The third-order valence-electron chi connectivity index (χ3n) is 4.60. The molecule has 0 spiro atoms. The van der Waals surface area contributed by atoms with E-state index in [1.54, 1.807) is 0 Å². The van der Waals surface area contributed by atoms with Gasteiger partial charge in [0.2, 0.25) is 0 Å². The summed E-state index contributed by atoms with van der Waals surface area (Å²) in [5, 5.41) is 9.93. The lowest BCUT2D eigenvalue weighted by Gasteiger charge is -2.26. The molecule has 6 heteroatoms. The van der Waals surface area contributed by atoms with Crippen molar-refractivity contribution in [2.45, 2.75) is 38.8 Å². The van der Waals surface area contributed by atoms with Crippen molar-refractivity contribution in [1.29, 1.82) is 0 Å². The second kappa shape index (κ2) is 7.05. The number of amides is 2. The topological polar surface area (TPSA) is 70.4 Å². The molecular formula is C18H24N4O2. The van der Waals surface area contributed by atoms with E-state index in [0.29, 0.717) is 23.6 Å². The van der Waals surface area contributed by atoms with Crippen molar-refractivity contribution in [3.05, 3.63) is 47.3 Å². The number of hydrogen-bond acceptors (Lipinski definition) is 4. The van der Waals surface area contributed by atoms with E-state index in [-0.39, 0.29) is 18.1 Å². The molecule has 1 aromatic heterocycles. The van der Waals surface area contributed by atoms with E-state index in [4.69, 9.17) is 4.52 Å². The summed E-state index contributed by atoms with van der Waals surface area (Å²) in [6.07, 6.45) is 1.61. The lowest BCUT2D eigenvalue weighted by atomic mass is 10.0. The van der Waals surface area contributed by atoms with Crippen molar-refractivity contribution in [3.8, 4) is 0 Å². The van der Waals surface area contributed by atoms with Crippen molar-refractivity contribution in [2.24, 2.45) is 0 Å². The normalized spacial score (nSPS) is 21.0. The summed E-state index contributed by atoms with van der Waals surface area (Å²) in [6.45, 7) is 4.76. The first-order valence-corrected chi connectivity index (χ1v) is 8.38. The van der Waals surface area contributed by atoms with Gasteiger partial charge < -0.3 is 15.2 Å². The minimum atomic E-state index is -0.211. The monoisotopic (exact) mass is 328 g/mol. The molecule has 1 saturated heterocycles. The summed E-state index contributed by atoms with van der Waals surface area (Å²) in [7, 11) is 2.09. The Kier molecular flexibility index (Phi) is 4.85. The number of aryl methyl sites for hydroxylation is 2. The van der Waals surface area contributed by atoms with Gasteiger partial charge in [-0.25, -0.2) is 4.79 Å². The van der Waals surface area contributed by atoms with Gasteiger partial charge in [-0.1, -0.05) is 42.4 Å². The molecular weight excluding hydrogens is 304 g/mol. The highest BCUT2D eigenvalue weighted by Crippen LogP contribution is 2.31. The number of carbonyl (C=O) groups excluding carboxylic acids is 1. The van der Waals surface area contributed by atoms with Gasteiger partial charge in [-0.3, -0.25) is 4.90 Å². The van der Waals surface area contributed by atoms with Gasteiger partial charge in [0.25, 0.3) is 0 Å². The fraction of sp³-hybridized carbons (Fsp3) is 0.444. The van der Waals surface area contributed by atoms with Crippen LogP contribution in [0.4, 0.5) is 10.5 Å². The van der Waals surface area contributed by atoms with Gasteiger partial charge >= 0.3 is 6.03 Å². The van der Waals surface area contributed by atoms with E-state index < -0.39 is 0 Å². The number of hydrogen-bond donors (Lipinski definition) is 2. The second-order valence-corrected chi connectivity index (χ2v) is 6.25. The van der Waals surface area contributed by atoms with Gasteiger partial charge in [0.15, 0.2) is 5.76 Å². The van der Waals surface area contributed by atoms with Gasteiger partial charge in [0.05, 0.1) is 12.1 Å². The minimum Gasteiger partial charge on any atom is -0.359 e. The Balaban J connectivity index is 1.70. The van der Waals surface area contributed by atoms with Crippen LogP contribution in [0.2, 0.25) is 0 Å². The number of anilines is 1. The zero-order valence-electron chi connectivity index (χ0n) is 14.4. The minimum absolute atomic E-state index is 0.0719. The molecule has 2 heterocycles. The number of carbonyl (C=O) groups is 1. The quantitative estimate of drug-likeness (QED) is 0.905. The van der Waals surface area contributed by atoms with E-state index in [0.717, 1.165) is 13.0 Å². The molecule has 1 aliphatic rings. The number of urea groups is 1. The molecule has 0 bridgehead atoms. The lowest BCUT2D eigenvalue weighted by Crippen LogP contribution is -2.41. The summed E-state index contributed by atoms with van der Waals surface area (Å²) < 4.78 is 5.22. The Labute approximate surface area is 142 Å². The van der Waals surface area contributed by atoms with Crippen LogP contribution in [0.1, 0.15) is 36.4 Å². The third kappa shape index (κ3) is 3.28. The first-order valence-electron chi connectivity index (χ1n) is 8.38. The van der Waals surface area contributed by atoms with Crippen molar-refractivity contribution in [3.63, 3.8) is 0 Å². The molecule has 128 valence electrons. The predicted octanol–water partition coefficient (Wildman–Crippen LogP) is 3.11. The summed E-state index contributed by atoms with van der Waals surface area (Å²) in [5.74, 6) is 0.700. The van der Waals surface area contributed by atoms with E-state index in [1.165, 1.54) is 5.56 Å². The molecule has 2 N–H and O–H groups in total. The Morgan fingerprint density at radius 2 is 2.12 bits per heavy atom. The van der Waals surface area contributed by atoms with Gasteiger partial charge in [-0.2, -0.15) is 0 Å². The van der Waals surface area contributed by atoms with E-state index in [1.807, 2.05) is 32.0 Å². The van der Waals surface area contributed by atoms with Crippen LogP contribution in [0.5, 0.6) is 0 Å². The predicted molar refractivity (Wildman–Crippen MR) is 93.0 cm³/mol. The van der Waals surface area contributed by atoms with E-state index >= 15 is 0 Å². The molecule has 2 atom stereocenters. The van der Waals surface area contributed by atoms with Crippen molar-refractivity contribution < 1.29 is 9.32 Å². The number of nitrogens with one attached hydrogen (secondary N) is 2. The fourth-order valence-corrected chi connectivity index (χ4v) is 3.37. The maximum atomic E-state index is 12.5. The molecule has 0 radical (unpaired) electrons.